The van der Waals surface area contributed by atoms with E-state index in [0.717, 1.165) is 18.5 Å². The summed E-state index contributed by atoms with van der Waals surface area (Å²) >= 11 is 0. The smallest absolute Gasteiger partial charge is 0.232 e. The molecule has 1 aliphatic heterocycles. The van der Waals surface area contributed by atoms with E-state index in [0.29, 0.717) is 0 Å². The second-order valence-electron chi connectivity index (χ2n) is 4.32. The minimum Gasteiger partial charge on any atom is -0.345 e. The molecular formula is C12H14FNO. The Morgan fingerprint density at radius 1 is 1.33 bits per heavy atom. The zero-order valence-corrected chi connectivity index (χ0v) is 8.96. The zero-order chi connectivity index (χ0) is 11.1. The van der Waals surface area contributed by atoms with Crippen LogP contribution in [0.3, 0.4) is 0 Å². The standard InChI is InChI=1S/C12H14FNO/c1-12(7-8-14(2)11(12)15)9-3-5-10(13)6-4-9/h3-6H,7-8H2,1-2H3. The molecule has 0 radical (unpaired) electrons. The van der Waals surface area contributed by atoms with E-state index in [4.69, 9.17) is 0 Å². The molecule has 1 amide bonds. The van der Waals surface area contributed by atoms with Crippen LogP contribution in [0.4, 0.5) is 4.39 Å². The molecule has 2 rings (SSSR count). The molecule has 1 atom stereocenters. The van der Waals surface area contributed by atoms with Gasteiger partial charge in [0, 0.05) is 13.6 Å². The van der Waals surface area contributed by atoms with Crippen LogP contribution in [-0.4, -0.2) is 24.4 Å². The molecule has 0 spiro atoms. The van der Waals surface area contributed by atoms with E-state index >= 15 is 0 Å². The van der Waals surface area contributed by atoms with E-state index in [-0.39, 0.29) is 11.7 Å². The van der Waals surface area contributed by atoms with Gasteiger partial charge in [0.15, 0.2) is 0 Å². The normalized spacial score (nSPS) is 26.1. The van der Waals surface area contributed by atoms with Gasteiger partial charge in [0.05, 0.1) is 5.41 Å². The Labute approximate surface area is 88.7 Å². The number of carbonyl (C=O) groups excluding carboxylic acids is 1. The molecule has 1 heterocycles. The summed E-state index contributed by atoms with van der Waals surface area (Å²) in [6.45, 7) is 2.69. The summed E-state index contributed by atoms with van der Waals surface area (Å²) in [6.07, 6.45) is 0.800. The third-order valence-electron chi connectivity index (χ3n) is 3.25. The van der Waals surface area contributed by atoms with Gasteiger partial charge in [-0.15, -0.1) is 0 Å². The first-order valence-corrected chi connectivity index (χ1v) is 5.06. The van der Waals surface area contributed by atoms with Crippen LogP contribution in [0.25, 0.3) is 0 Å². The minimum absolute atomic E-state index is 0.120. The number of rotatable bonds is 1. The lowest BCUT2D eigenvalue weighted by atomic mass is 9.81. The fourth-order valence-corrected chi connectivity index (χ4v) is 2.11. The van der Waals surface area contributed by atoms with Crippen LogP contribution in [0.1, 0.15) is 18.9 Å². The average Bonchev–Trinajstić information content (AvgIpc) is 2.48. The fourth-order valence-electron chi connectivity index (χ4n) is 2.11. The van der Waals surface area contributed by atoms with E-state index in [1.807, 2.05) is 6.92 Å². The van der Waals surface area contributed by atoms with E-state index in [1.165, 1.54) is 12.1 Å². The first-order valence-electron chi connectivity index (χ1n) is 5.06. The maximum absolute atomic E-state index is 12.8. The van der Waals surface area contributed by atoms with Crippen molar-refractivity contribution in [2.24, 2.45) is 0 Å². The molecule has 1 aromatic carbocycles. The zero-order valence-electron chi connectivity index (χ0n) is 8.96. The first-order chi connectivity index (χ1) is 7.04. The summed E-state index contributed by atoms with van der Waals surface area (Å²) < 4.78 is 12.8. The van der Waals surface area contributed by atoms with Gasteiger partial charge in [-0.1, -0.05) is 12.1 Å². The Kier molecular flexibility index (Phi) is 2.25. The van der Waals surface area contributed by atoms with Gasteiger partial charge in [-0.05, 0) is 31.0 Å². The molecule has 3 heteroatoms. The molecule has 1 aromatic rings. The molecule has 0 saturated carbocycles. The number of halogens is 1. The van der Waals surface area contributed by atoms with Crippen molar-refractivity contribution in [3.8, 4) is 0 Å². The molecule has 15 heavy (non-hydrogen) atoms. The predicted molar refractivity (Wildman–Crippen MR) is 56.0 cm³/mol. The summed E-state index contributed by atoms with van der Waals surface area (Å²) in [5, 5.41) is 0. The topological polar surface area (TPSA) is 20.3 Å². The van der Waals surface area contributed by atoms with Crippen LogP contribution < -0.4 is 0 Å². The SMILES string of the molecule is CN1CCC(C)(c2ccc(F)cc2)C1=O. The van der Waals surface area contributed by atoms with Crippen molar-refractivity contribution in [2.45, 2.75) is 18.8 Å². The van der Waals surface area contributed by atoms with Crippen LogP contribution in [0.2, 0.25) is 0 Å². The maximum Gasteiger partial charge on any atom is 0.232 e. The summed E-state index contributed by atoms with van der Waals surface area (Å²) in [6, 6.07) is 6.22. The van der Waals surface area contributed by atoms with Gasteiger partial charge in [0.2, 0.25) is 5.91 Å². The number of amides is 1. The summed E-state index contributed by atoms with van der Waals surface area (Å²) in [7, 11) is 1.80. The molecule has 1 fully saturated rings. The molecule has 80 valence electrons. The van der Waals surface area contributed by atoms with Crippen LogP contribution in [0.5, 0.6) is 0 Å². The Morgan fingerprint density at radius 2 is 1.93 bits per heavy atom. The van der Waals surface area contributed by atoms with Crippen molar-refractivity contribution >= 4 is 5.91 Å². The Morgan fingerprint density at radius 3 is 2.40 bits per heavy atom. The van der Waals surface area contributed by atoms with E-state index in [2.05, 4.69) is 0 Å². The van der Waals surface area contributed by atoms with Gasteiger partial charge in [-0.25, -0.2) is 4.39 Å². The van der Waals surface area contributed by atoms with Gasteiger partial charge in [0.1, 0.15) is 5.82 Å². The molecule has 1 unspecified atom stereocenters. The van der Waals surface area contributed by atoms with Crippen molar-refractivity contribution in [3.63, 3.8) is 0 Å². The summed E-state index contributed by atoms with van der Waals surface area (Å²) in [5.74, 6) is -0.143. The number of nitrogens with zero attached hydrogens (tertiary/aromatic N) is 1. The van der Waals surface area contributed by atoms with Crippen molar-refractivity contribution in [2.75, 3.05) is 13.6 Å². The van der Waals surface area contributed by atoms with Crippen LogP contribution in [0, 0.1) is 5.82 Å². The number of likely N-dealkylation sites (tertiary alicyclic amines) is 1. The fraction of sp³-hybridized carbons (Fsp3) is 0.417. The van der Waals surface area contributed by atoms with Crippen molar-refractivity contribution in [1.29, 1.82) is 0 Å². The summed E-state index contributed by atoms with van der Waals surface area (Å²) in [4.78, 5) is 13.7. The molecular weight excluding hydrogens is 193 g/mol. The molecule has 1 aliphatic rings. The average molecular weight is 207 g/mol. The lowest BCUT2D eigenvalue weighted by molar-refractivity contribution is -0.130. The number of benzene rings is 1. The minimum atomic E-state index is -0.470. The lowest BCUT2D eigenvalue weighted by Gasteiger charge is -2.22. The third kappa shape index (κ3) is 1.52. The molecule has 0 aliphatic carbocycles. The summed E-state index contributed by atoms with van der Waals surface area (Å²) in [5.41, 5.74) is 0.431. The Bertz CT molecular complexity index is 387. The molecule has 0 aromatic heterocycles. The van der Waals surface area contributed by atoms with Crippen molar-refractivity contribution in [1.82, 2.24) is 4.90 Å². The van der Waals surface area contributed by atoms with Gasteiger partial charge in [-0.2, -0.15) is 0 Å². The highest BCUT2D eigenvalue weighted by Gasteiger charge is 2.42. The number of carbonyl (C=O) groups is 1. The second kappa shape index (κ2) is 3.33. The van der Waals surface area contributed by atoms with Gasteiger partial charge >= 0.3 is 0 Å². The molecule has 2 nitrogen and oxygen atoms in total. The number of hydrogen-bond acceptors (Lipinski definition) is 1. The van der Waals surface area contributed by atoms with Gasteiger partial charge < -0.3 is 4.90 Å². The molecule has 0 bridgehead atoms. The van der Waals surface area contributed by atoms with E-state index in [1.54, 1.807) is 24.1 Å². The third-order valence-corrected chi connectivity index (χ3v) is 3.25. The largest absolute Gasteiger partial charge is 0.345 e. The highest BCUT2D eigenvalue weighted by atomic mass is 19.1. The monoisotopic (exact) mass is 207 g/mol. The predicted octanol–water partition coefficient (Wildman–Crippen LogP) is 1.95. The second-order valence-corrected chi connectivity index (χ2v) is 4.32. The Balaban J connectivity index is 2.38. The van der Waals surface area contributed by atoms with Crippen molar-refractivity contribution in [3.05, 3.63) is 35.6 Å². The van der Waals surface area contributed by atoms with Crippen LogP contribution in [-0.2, 0) is 10.2 Å². The van der Waals surface area contributed by atoms with Crippen molar-refractivity contribution < 1.29 is 9.18 Å². The van der Waals surface area contributed by atoms with Gasteiger partial charge in [0.25, 0.3) is 0 Å². The van der Waals surface area contributed by atoms with Crippen LogP contribution >= 0.6 is 0 Å². The number of likely N-dealkylation sites (N-methyl/N-ethyl adjacent to an activating group) is 1. The lowest BCUT2D eigenvalue weighted by Crippen LogP contribution is -2.33. The highest BCUT2D eigenvalue weighted by molar-refractivity contribution is 5.89. The van der Waals surface area contributed by atoms with Crippen LogP contribution in [0.15, 0.2) is 24.3 Å². The van der Waals surface area contributed by atoms with E-state index in [9.17, 15) is 9.18 Å². The molecule has 1 saturated heterocycles. The number of hydrogen-bond donors (Lipinski definition) is 0. The highest BCUT2D eigenvalue weighted by Crippen LogP contribution is 2.34. The quantitative estimate of drug-likeness (QED) is 0.689. The first kappa shape index (κ1) is 10.1. The maximum atomic E-state index is 12.8. The Hall–Kier alpha value is -1.38. The van der Waals surface area contributed by atoms with E-state index < -0.39 is 5.41 Å². The molecule has 0 N–H and O–H groups in total. The van der Waals surface area contributed by atoms with Gasteiger partial charge in [-0.3, -0.25) is 4.79 Å².